The Kier molecular flexibility index (Phi) is 6.72. The molecule has 2 heterocycles. The minimum Gasteiger partial charge on any atom is -0.372 e. The van der Waals surface area contributed by atoms with Gasteiger partial charge >= 0.3 is 0 Å². The van der Waals surface area contributed by atoms with Gasteiger partial charge in [0.2, 0.25) is 0 Å². The summed E-state index contributed by atoms with van der Waals surface area (Å²) in [6.07, 6.45) is 2.59. The van der Waals surface area contributed by atoms with Crippen molar-refractivity contribution in [3.63, 3.8) is 0 Å². The van der Waals surface area contributed by atoms with Crippen LogP contribution in [0.5, 0.6) is 0 Å². The van der Waals surface area contributed by atoms with Crippen molar-refractivity contribution in [2.45, 2.75) is 53.1 Å². The number of rotatable bonds is 6. The Bertz CT molecular complexity index is 757. The van der Waals surface area contributed by atoms with Crippen molar-refractivity contribution < 1.29 is 0 Å². The highest BCUT2D eigenvalue weighted by Gasteiger charge is 2.14. The van der Waals surface area contributed by atoms with Gasteiger partial charge in [-0.25, -0.2) is 9.98 Å². The fraction of sp³-hybridized carbons (Fsp3) is 0.524. The van der Waals surface area contributed by atoms with E-state index in [1.165, 1.54) is 42.1 Å². The number of hydrogen-bond acceptors (Lipinski definition) is 4. The molecule has 1 aliphatic heterocycles. The summed E-state index contributed by atoms with van der Waals surface area (Å²) in [4.78, 5) is 13.1. The van der Waals surface area contributed by atoms with E-state index in [0.29, 0.717) is 6.54 Å². The fourth-order valence-electron chi connectivity index (χ4n) is 3.33. The van der Waals surface area contributed by atoms with Gasteiger partial charge in [-0.2, -0.15) is 0 Å². The number of aliphatic imine (C=N–C) groups is 1. The van der Waals surface area contributed by atoms with Crippen LogP contribution in [0.3, 0.4) is 0 Å². The summed E-state index contributed by atoms with van der Waals surface area (Å²) in [7, 11) is 0. The van der Waals surface area contributed by atoms with Gasteiger partial charge in [0.25, 0.3) is 0 Å². The molecule has 146 valence electrons. The van der Waals surface area contributed by atoms with Crippen molar-refractivity contribution in [2.75, 3.05) is 24.5 Å². The van der Waals surface area contributed by atoms with Crippen molar-refractivity contribution in [3.05, 3.63) is 45.4 Å². The van der Waals surface area contributed by atoms with Crippen LogP contribution in [0.2, 0.25) is 0 Å². The lowest BCUT2D eigenvalue weighted by atomic mass is 10.1. The van der Waals surface area contributed by atoms with Crippen LogP contribution < -0.4 is 15.5 Å². The van der Waals surface area contributed by atoms with Gasteiger partial charge in [-0.15, -0.1) is 11.3 Å². The van der Waals surface area contributed by atoms with Gasteiger partial charge in [0.15, 0.2) is 5.96 Å². The van der Waals surface area contributed by atoms with E-state index in [9.17, 15) is 0 Å². The van der Waals surface area contributed by atoms with Crippen molar-refractivity contribution in [2.24, 2.45) is 4.99 Å². The van der Waals surface area contributed by atoms with Crippen molar-refractivity contribution >= 4 is 23.0 Å². The molecule has 0 amide bonds. The summed E-state index contributed by atoms with van der Waals surface area (Å²) in [5.41, 5.74) is 3.72. The topological polar surface area (TPSA) is 52.6 Å². The monoisotopic (exact) mass is 385 g/mol. The molecular weight excluding hydrogens is 354 g/mol. The molecule has 1 saturated heterocycles. The number of guanidine groups is 1. The number of anilines is 1. The average molecular weight is 386 g/mol. The van der Waals surface area contributed by atoms with Crippen LogP contribution in [0.4, 0.5) is 5.69 Å². The quantitative estimate of drug-likeness (QED) is 0.579. The first-order chi connectivity index (χ1) is 13.1. The lowest BCUT2D eigenvalue weighted by molar-refractivity contribution is 0.686. The van der Waals surface area contributed by atoms with Gasteiger partial charge in [-0.1, -0.05) is 12.1 Å². The first kappa shape index (κ1) is 19.7. The van der Waals surface area contributed by atoms with Gasteiger partial charge in [-0.3, -0.25) is 0 Å². The highest BCUT2D eigenvalue weighted by molar-refractivity contribution is 7.11. The second-order valence-corrected chi connectivity index (χ2v) is 8.39. The molecule has 0 spiro atoms. The molecule has 6 heteroatoms. The molecule has 0 bridgehead atoms. The number of benzene rings is 1. The third-order valence-corrected chi connectivity index (χ3v) is 6.04. The molecule has 1 aromatic heterocycles. The van der Waals surface area contributed by atoms with Crippen LogP contribution in [-0.4, -0.2) is 30.6 Å². The third-order valence-electron chi connectivity index (χ3n) is 4.98. The molecule has 2 aromatic rings. The predicted molar refractivity (Wildman–Crippen MR) is 116 cm³/mol. The normalized spacial score (nSPS) is 15.9. The summed E-state index contributed by atoms with van der Waals surface area (Å²) < 4.78 is 0. The van der Waals surface area contributed by atoms with Crippen LogP contribution in [0.25, 0.3) is 0 Å². The standard InChI is InChI=1S/C21H31N5S/c1-5-22-21(23-14-20-24-15(2)17(4)27-20)25-16(3)18-9-8-10-19(13-18)26-11-6-7-12-26/h8-10,13,16H,5-7,11-12,14H2,1-4H3,(H2,22,23,25). The van der Waals surface area contributed by atoms with E-state index in [4.69, 9.17) is 4.99 Å². The Labute approximate surface area is 166 Å². The summed E-state index contributed by atoms with van der Waals surface area (Å²) >= 11 is 1.73. The minimum atomic E-state index is 0.185. The largest absolute Gasteiger partial charge is 0.372 e. The zero-order chi connectivity index (χ0) is 19.2. The van der Waals surface area contributed by atoms with E-state index in [1.54, 1.807) is 11.3 Å². The smallest absolute Gasteiger partial charge is 0.192 e. The van der Waals surface area contributed by atoms with E-state index in [1.807, 2.05) is 0 Å². The number of thiazole rings is 1. The fourth-order valence-corrected chi connectivity index (χ4v) is 4.19. The Hall–Kier alpha value is -2.08. The second-order valence-electron chi connectivity index (χ2n) is 7.10. The number of aryl methyl sites for hydroxylation is 2. The summed E-state index contributed by atoms with van der Waals surface area (Å²) in [6, 6.07) is 9.06. The Morgan fingerprint density at radius 3 is 2.74 bits per heavy atom. The van der Waals surface area contributed by atoms with Gasteiger partial charge in [-0.05, 0) is 58.2 Å². The molecule has 27 heavy (non-hydrogen) atoms. The van der Waals surface area contributed by atoms with Crippen molar-refractivity contribution in [1.82, 2.24) is 15.6 Å². The van der Waals surface area contributed by atoms with Crippen LogP contribution >= 0.6 is 11.3 Å². The molecular formula is C21H31N5S. The molecule has 0 saturated carbocycles. The molecule has 2 N–H and O–H groups in total. The first-order valence-electron chi connectivity index (χ1n) is 9.89. The van der Waals surface area contributed by atoms with E-state index in [-0.39, 0.29) is 6.04 Å². The molecule has 1 atom stereocenters. The summed E-state index contributed by atoms with van der Waals surface area (Å²) in [5.74, 6) is 0.835. The molecule has 0 aliphatic carbocycles. The lowest BCUT2D eigenvalue weighted by Gasteiger charge is -2.22. The number of hydrogen-bond donors (Lipinski definition) is 2. The van der Waals surface area contributed by atoms with Crippen LogP contribution in [0.1, 0.15) is 53.9 Å². The van der Waals surface area contributed by atoms with Gasteiger partial charge in [0.1, 0.15) is 5.01 Å². The molecule has 3 rings (SSSR count). The van der Waals surface area contributed by atoms with Crippen LogP contribution in [0, 0.1) is 13.8 Å². The Morgan fingerprint density at radius 1 is 1.30 bits per heavy atom. The van der Waals surface area contributed by atoms with E-state index in [2.05, 4.69) is 72.5 Å². The molecule has 5 nitrogen and oxygen atoms in total. The molecule has 1 aromatic carbocycles. The number of nitrogens with one attached hydrogen (secondary N) is 2. The molecule has 1 fully saturated rings. The van der Waals surface area contributed by atoms with E-state index >= 15 is 0 Å². The SMILES string of the molecule is CCNC(=NCc1nc(C)c(C)s1)NC(C)c1cccc(N2CCCC2)c1. The highest BCUT2D eigenvalue weighted by atomic mass is 32.1. The third kappa shape index (κ3) is 5.22. The average Bonchev–Trinajstić information content (AvgIpc) is 3.30. The minimum absolute atomic E-state index is 0.185. The molecule has 1 unspecified atom stereocenters. The Morgan fingerprint density at radius 2 is 2.07 bits per heavy atom. The molecule has 1 aliphatic rings. The van der Waals surface area contributed by atoms with Crippen molar-refractivity contribution in [1.29, 1.82) is 0 Å². The van der Waals surface area contributed by atoms with E-state index < -0.39 is 0 Å². The highest BCUT2D eigenvalue weighted by Crippen LogP contribution is 2.24. The molecule has 0 radical (unpaired) electrons. The zero-order valence-electron chi connectivity index (χ0n) is 16.9. The maximum atomic E-state index is 4.74. The lowest BCUT2D eigenvalue weighted by Crippen LogP contribution is -2.38. The maximum absolute atomic E-state index is 4.74. The number of nitrogens with zero attached hydrogens (tertiary/aromatic N) is 3. The van der Waals surface area contributed by atoms with Crippen LogP contribution in [-0.2, 0) is 6.54 Å². The van der Waals surface area contributed by atoms with Gasteiger partial charge < -0.3 is 15.5 Å². The summed E-state index contributed by atoms with van der Waals surface area (Å²) in [6.45, 7) is 12.2. The van der Waals surface area contributed by atoms with Crippen LogP contribution in [0.15, 0.2) is 29.3 Å². The predicted octanol–water partition coefficient (Wildman–Crippen LogP) is 4.18. The van der Waals surface area contributed by atoms with E-state index in [0.717, 1.165) is 23.2 Å². The maximum Gasteiger partial charge on any atom is 0.192 e. The summed E-state index contributed by atoms with van der Waals surface area (Å²) in [5, 5.41) is 7.95. The first-order valence-corrected chi connectivity index (χ1v) is 10.7. The van der Waals surface area contributed by atoms with Crippen molar-refractivity contribution in [3.8, 4) is 0 Å². The zero-order valence-corrected chi connectivity index (χ0v) is 17.7. The van der Waals surface area contributed by atoms with Gasteiger partial charge in [0.05, 0.1) is 18.3 Å². The second kappa shape index (κ2) is 9.22. The van der Waals surface area contributed by atoms with Gasteiger partial charge in [0, 0.05) is 30.2 Å². The Balaban J connectivity index is 1.68. The number of aromatic nitrogens is 1.